The quantitative estimate of drug-likeness (QED) is 0.611. The molecule has 2 aromatic carbocycles. The van der Waals surface area contributed by atoms with Gasteiger partial charge in [-0.1, -0.05) is 12.1 Å². The van der Waals surface area contributed by atoms with Crippen molar-refractivity contribution >= 4 is 15.7 Å². The van der Waals surface area contributed by atoms with E-state index in [4.69, 9.17) is 9.47 Å². The van der Waals surface area contributed by atoms with Crippen molar-refractivity contribution in [2.75, 3.05) is 72.5 Å². The van der Waals surface area contributed by atoms with Crippen LogP contribution in [0.25, 0.3) is 0 Å². The van der Waals surface area contributed by atoms with E-state index in [0.29, 0.717) is 18.0 Å². The van der Waals surface area contributed by atoms with Crippen molar-refractivity contribution < 1.29 is 17.9 Å². The molecule has 0 radical (unpaired) electrons. The van der Waals surface area contributed by atoms with Crippen LogP contribution in [0.5, 0.6) is 11.5 Å². The number of fused-ring (bicyclic) bond motifs is 1. The van der Waals surface area contributed by atoms with Gasteiger partial charge in [-0.3, -0.25) is 4.90 Å². The number of sulfonamides is 1. The topological polar surface area (TPSA) is 74.4 Å². The van der Waals surface area contributed by atoms with Crippen LogP contribution >= 0.6 is 0 Å². The fourth-order valence-electron chi connectivity index (χ4n) is 4.86. The molecule has 1 fully saturated rings. The van der Waals surface area contributed by atoms with Crippen molar-refractivity contribution in [3.05, 3.63) is 47.5 Å². The number of hydrogen-bond donors (Lipinski definition) is 1. The van der Waals surface area contributed by atoms with E-state index >= 15 is 0 Å². The number of ether oxygens (including phenoxy) is 2. The molecule has 2 aliphatic heterocycles. The van der Waals surface area contributed by atoms with Crippen LogP contribution in [0.15, 0.2) is 41.3 Å². The zero-order chi connectivity index (χ0) is 24.3. The molecule has 186 valence electrons. The van der Waals surface area contributed by atoms with E-state index in [1.54, 1.807) is 12.1 Å². The summed E-state index contributed by atoms with van der Waals surface area (Å²) in [5.74, 6) is 0.885. The first kappa shape index (κ1) is 24.8. The van der Waals surface area contributed by atoms with Crippen LogP contribution in [0.3, 0.4) is 0 Å². The van der Waals surface area contributed by atoms with Crippen LogP contribution in [0.2, 0.25) is 0 Å². The Bertz CT molecular complexity index is 1100. The molecule has 2 aliphatic rings. The van der Waals surface area contributed by atoms with Gasteiger partial charge in [0.1, 0.15) is 0 Å². The molecule has 0 amide bonds. The first-order chi connectivity index (χ1) is 16.3. The first-order valence-corrected chi connectivity index (χ1v) is 13.3. The maximum absolute atomic E-state index is 13.2. The lowest BCUT2D eigenvalue weighted by Crippen LogP contribution is -2.48. The van der Waals surface area contributed by atoms with Crippen molar-refractivity contribution in [2.45, 2.75) is 23.8 Å². The fraction of sp³-hybridized carbons (Fsp3) is 0.520. The lowest BCUT2D eigenvalue weighted by atomic mass is 9.95. The maximum Gasteiger partial charge on any atom is 0.240 e. The molecule has 8 nitrogen and oxygen atoms in total. The second-order valence-electron chi connectivity index (χ2n) is 9.14. The van der Waals surface area contributed by atoms with Crippen LogP contribution in [-0.4, -0.2) is 85.8 Å². The van der Waals surface area contributed by atoms with Crippen molar-refractivity contribution in [3.8, 4) is 11.5 Å². The number of piperazine rings is 1. The minimum Gasteiger partial charge on any atom is -0.493 e. The van der Waals surface area contributed by atoms with Gasteiger partial charge in [0.2, 0.25) is 10.0 Å². The average Bonchev–Trinajstić information content (AvgIpc) is 2.84. The van der Waals surface area contributed by atoms with Gasteiger partial charge in [0, 0.05) is 64.1 Å². The van der Waals surface area contributed by atoms with Gasteiger partial charge in [-0.2, -0.15) is 0 Å². The van der Waals surface area contributed by atoms with Gasteiger partial charge in [-0.25, -0.2) is 13.1 Å². The standard InChI is InChI=1S/C25H36N4O4S/c1-27-12-14-29(15-13-27)23(20-7-9-22-19(16-20)6-5-11-28(22)2)18-26-34(30,31)21-8-10-24(32-3)25(17-21)33-4/h7-10,16-17,23,26H,5-6,11-15,18H2,1-4H3. The summed E-state index contributed by atoms with van der Waals surface area (Å²) in [5, 5.41) is 0. The smallest absolute Gasteiger partial charge is 0.240 e. The van der Waals surface area contributed by atoms with Crippen molar-refractivity contribution in [1.82, 2.24) is 14.5 Å². The van der Waals surface area contributed by atoms with Gasteiger partial charge in [0.25, 0.3) is 0 Å². The molecule has 2 aromatic rings. The van der Waals surface area contributed by atoms with E-state index in [1.165, 1.54) is 31.5 Å². The lowest BCUT2D eigenvalue weighted by molar-refractivity contribution is 0.113. The zero-order valence-electron chi connectivity index (χ0n) is 20.6. The number of aryl methyl sites for hydroxylation is 1. The Hall–Kier alpha value is -2.33. The van der Waals surface area contributed by atoms with Gasteiger partial charge in [-0.15, -0.1) is 0 Å². The molecule has 4 rings (SSSR count). The third kappa shape index (κ3) is 5.33. The molecular formula is C25H36N4O4S. The van der Waals surface area contributed by atoms with Gasteiger partial charge in [0.15, 0.2) is 11.5 Å². The predicted molar refractivity (Wildman–Crippen MR) is 135 cm³/mol. The van der Waals surface area contributed by atoms with E-state index in [1.807, 2.05) is 0 Å². The molecule has 1 unspecified atom stereocenters. The molecule has 0 aliphatic carbocycles. The normalized spacial score (nSPS) is 18.4. The van der Waals surface area contributed by atoms with Crippen LogP contribution in [0.4, 0.5) is 5.69 Å². The molecule has 0 spiro atoms. The van der Waals surface area contributed by atoms with E-state index in [2.05, 4.69) is 51.7 Å². The largest absolute Gasteiger partial charge is 0.493 e. The molecular weight excluding hydrogens is 452 g/mol. The van der Waals surface area contributed by atoms with Gasteiger partial charge >= 0.3 is 0 Å². The summed E-state index contributed by atoms with van der Waals surface area (Å²) in [6.45, 7) is 5.10. The number of anilines is 1. The lowest BCUT2D eigenvalue weighted by Gasteiger charge is -2.39. The Labute approximate surface area is 203 Å². The highest BCUT2D eigenvalue weighted by atomic mass is 32.2. The molecule has 0 aromatic heterocycles. The molecule has 34 heavy (non-hydrogen) atoms. The van der Waals surface area contributed by atoms with E-state index in [0.717, 1.165) is 51.1 Å². The molecule has 0 bridgehead atoms. The third-order valence-corrected chi connectivity index (χ3v) is 8.37. The average molecular weight is 489 g/mol. The predicted octanol–water partition coefficient (Wildman–Crippen LogP) is 2.35. The van der Waals surface area contributed by atoms with Crippen molar-refractivity contribution in [3.63, 3.8) is 0 Å². The summed E-state index contributed by atoms with van der Waals surface area (Å²) in [6, 6.07) is 11.2. The number of benzene rings is 2. The Morgan fingerprint density at radius 3 is 2.38 bits per heavy atom. The summed E-state index contributed by atoms with van der Waals surface area (Å²) in [4.78, 5) is 7.16. The van der Waals surface area contributed by atoms with Crippen molar-refractivity contribution in [1.29, 1.82) is 0 Å². The number of hydrogen-bond acceptors (Lipinski definition) is 7. The van der Waals surface area contributed by atoms with Gasteiger partial charge in [0.05, 0.1) is 19.1 Å². The second-order valence-corrected chi connectivity index (χ2v) is 10.9. The highest BCUT2D eigenvalue weighted by molar-refractivity contribution is 7.89. The molecule has 1 saturated heterocycles. The van der Waals surface area contributed by atoms with E-state index < -0.39 is 10.0 Å². The minimum atomic E-state index is -3.73. The molecule has 9 heteroatoms. The molecule has 0 saturated carbocycles. The van der Waals surface area contributed by atoms with E-state index in [9.17, 15) is 8.42 Å². The second kappa shape index (κ2) is 10.5. The van der Waals surface area contributed by atoms with E-state index in [-0.39, 0.29) is 10.9 Å². The van der Waals surface area contributed by atoms with Gasteiger partial charge < -0.3 is 19.3 Å². The summed E-state index contributed by atoms with van der Waals surface area (Å²) in [6.07, 6.45) is 2.19. The van der Waals surface area contributed by atoms with Crippen LogP contribution in [0.1, 0.15) is 23.6 Å². The SMILES string of the molecule is COc1ccc(S(=O)(=O)NCC(c2ccc3c(c2)CCCN3C)N2CCN(C)CC2)cc1OC. The Balaban J connectivity index is 1.59. The summed E-state index contributed by atoms with van der Waals surface area (Å²) in [7, 11) is 3.56. The maximum atomic E-state index is 13.2. The highest BCUT2D eigenvalue weighted by Gasteiger charge is 2.27. The van der Waals surface area contributed by atoms with Gasteiger partial charge in [-0.05, 0) is 49.2 Å². The number of methoxy groups -OCH3 is 2. The zero-order valence-corrected chi connectivity index (χ0v) is 21.4. The number of nitrogens with zero attached hydrogens (tertiary/aromatic N) is 3. The molecule has 1 N–H and O–H groups in total. The van der Waals surface area contributed by atoms with Crippen LogP contribution < -0.4 is 19.1 Å². The molecule has 1 atom stereocenters. The Morgan fingerprint density at radius 1 is 0.941 bits per heavy atom. The number of nitrogens with one attached hydrogen (secondary N) is 1. The number of rotatable bonds is 8. The summed E-state index contributed by atoms with van der Waals surface area (Å²) in [5.41, 5.74) is 3.78. The summed E-state index contributed by atoms with van der Waals surface area (Å²) >= 11 is 0. The van der Waals surface area contributed by atoms with Crippen LogP contribution in [0, 0.1) is 0 Å². The Morgan fingerprint density at radius 2 is 1.68 bits per heavy atom. The third-order valence-electron chi connectivity index (χ3n) is 6.95. The Kier molecular flexibility index (Phi) is 7.67. The van der Waals surface area contributed by atoms with Crippen molar-refractivity contribution in [2.24, 2.45) is 0 Å². The summed E-state index contributed by atoms with van der Waals surface area (Å²) < 4.78 is 39.8. The number of likely N-dealkylation sites (N-methyl/N-ethyl adjacent to an activating group) is 1. The monoisotopic (exact) mass is 488 g/mol. The minimum absolute atomic E-state index is 0.0406. The highest BCUT2D eigenvalue weighted by Crippen LogP contribution is 2.32. The van der Waals surface area contributed by atoms with Crippen LogP contribution in [-0.2, 0) is 16.4 Å². The first-order valence-electron chi connectivity index (χ1n) is 11.8. The fourth-order valence-corrected chi connectivity index (χ4v) is 5.91. The molecule has 2 heterocycles.